The van der Waals surface area contributed by atoms with Crippen LogP contribution < -0.4 is 5.56 Å². The molecule has 4 aliphatic rings. The number of hydrogen-bond donors (Lipinski definition) is 2. The van der Waals surface area contributed by atoms with Crippen LogP contribution in [0.2, 0.25) is 5.02 Å². The number of nitrogens with zero attached hydrogens (tertiary/aromatic N) is 3. The highest BCUT2D eigenvalue weighted by atomic mass is 35.5. The van der Waals surface area contributed by atoms with E-state index >= 15 is 0 Å². The Balaban J connectivity index is 1.44. The molecule has 0 bridgehead atoms. The average Bonchev–Trinajstić information content (AvgIpc) is 3.50. The zero-order chi connectivity index (χ0) is 25.5. The first-order valence-corrected chi connectivity index (χ1v) is 12.4. The van der Waals surface area contributed by atoms with Crippen LogP contribution in [0.4, 0.5) is 8.78 Å². The fraction of sp³-hybridized carbons (Fsp3) is 0.480. The van der Waals surface area contributed by atoms with Gasteiger partial charge in [-0.2, -0.15) is 0 Å². The normalized spacial score (nSPS) is 26.9. The highest BCUT2D eigenvalue weighted by molar-refractivity contribution is 6.30. The number of aromatic nitrogens is 1. The molecular weight excluding hydrogens is 496 g/mol. The standard InChI is InChI=1S/C25H24ClF2N3O5/c26-17-7-12(1-2-18(17)28)10-29-6-4-15-19(22(29)34)21(33)24(36)31-20(15)23(35)30(11-14(32)9-27)25(31)5-3-13-8-16(13)25/h1-2,7,13-14,16,32-33H,3-6,8-11H2/t13-,14?,16+,25+/m0/s1. The van der Waals surface area contributed by atoms with Crippen LogP contribution >= 0.6 is 11.6 Å². The summed E-state index contributed by atoms with van der Waals surface area (Å²) in [5.74, 6) is -2.16. The van der Waals surface area contributed by atoms with E-state index in [2.05, 4.69) is 0 Å². The molecule has 3 heterocycles. The molecule has 0 saturated heterocycles. The molecule has 36 heavy (non-hydrogen) atoms. The Kier molecular flexibility index (Phi) is 5.21. The number of aliphatic hydroxyl groups is 1. The first-order chi connectivity index (χ1) is 17.2. The van der Waals surface area contributed by atoms with Crippen LogP contribution in [0.25, 0.3) is 0 Å². The highest BCUT2D eigenvalue weighted by Gasteiger charge is 2.67. The molecule has 190 valence electrons. The monoisotopic (exact) mass is 519 g/mol. The maximum atomic E-state index is 13.7. The van der Waals surface area contributed by atoms with Gasteiger partial charge >= 0.3 is 0 Å². The molecule has 2 aliphatic heterocycles. The Morgan fingerprint density at radius 3 is 2.64 bits per heavy atom. The van der Waals surface area contributed by atoms with Crippen molar-refractivity contribution in [2.24, 2.45) is 11.8 Å². The van der Waals surface area contributed by atoms with Crippen LogP contribution in [0.5, 0.6) is 5.75 Å². The SMILES string of the molecule is O=C1c2c(c3n(c(=O)c2O)[C@@]2(CC[C@H]4C[C@H]42)N(CC(O)CF)C3=O)CCN1Cc1ccc(F)c(Cl)c1. The highest BCUT2D eigenvalue weighted by Crippen LogP contribution is 2.64. The van der Waals surface area contributed by atoms with Crippen LogP contribution in [0.3, 0.4) is 0 Å². The van der Waals surface area contributed by atoms with Crippen molar-refractivity contribution >= 4 is 23.4 Å². The van der Waals surface area contributed by atoms with Crippen LogP contribution in [-0.2, 0) is 18.6 Å². The predicted octanol–water partition coefficient (Wildman–Crippen LogP) is 2.41. The van der Waals surface area contributed by atoms with Gasteiger partial charge in [0, 0.05) is 24.6 Å². The number of rotatable bonds is 5. The van der Waals surface area contributed by atoms with E-state index < -0.39 is 47.4 Å². The molecule has 2 aliphatic carbocycles. The Labute approximate surface area is 209 Å². The molecular formula is C25H24ClF2N3O5. The Morgan fingerprint density at radius 2 is 2.00 bits per heavy atom. The molecule has 1 aromatic carbocycles. The zero-order valence-electron chi connectivity index (χ0n) is 19.2. The van der Waals surface area contributed by atoms with Gasteiger partial charge in [0.2, 0.25) is 0 Å². The zero-order valence-corrected chi connectivity index (χ0v) is 20.0. The number of amides is 2. The third-order valence-electron chi connectivity index (χ3n) is 8.22. The molecule has 2 saturated carbocycles. The van der Waals surface area contributed by atoms with Crippen molar-refractivity contribution in [3.8, 4) is 5.75 Å². The molecule has 1 spiro atoms. The van der Waals surface area contributed by atoms with E-state index in [0.717, 1.165) is 12.8 Å². The van der Waals surface area contributed by atoms with E-state index in [0.29, 0.717) is 17.9 Å². The number of aromatic hydroxyl groups is 1. The lowest BCUT2D eigenvalue weighted by Crippen LogP contribution is -2.53. The molecule has 2 N–H and O–H groups in total. The van der Waals surface area contributed by atoms with E-state index in [4.69, 9.17) is 11.6 Å². The predicted molar refractivity (Wildman–Crippen MR) is 124 cm³/mol. The summed E-state index contributed by atoms with van der Waals surface area (Å²) >= 11 is 5.86. The van der Waals surface area contributed by atoms with Gasteiger partial charge in [0.15, 0.2) is 5.75 Å². The maximum Gasteiger partial charge on any atom is 0.296 e. The van der Waals surface area contributed by atoms with Crippen molar-refractivity contribution < 1.29 is 28.6 Å². The quantitative estimate of drug-likeness (QED) is 0.631. The lowest BCUT2D eigenvalue weighted by molar-refractivity contribution is -0.00304. The summed E-state index contributed by atoms with van der Waals surface area (Å²) < 4.78 is 28.1. The summed E-state index contributed by atoms with van der Waals surface area (Å²) in [5, 5.41) is 21.0. The summed E-state index contributed by atoms with van der Waals surface area (Å²) in [7, 11) is 0. The molecule has 0 radical (unpaired) electrons. The molecule has 2 aromatic rings. The summed E-state index contributed by atoms with van der Waals surface area (Å²) in [6.07, 6.45) is 0.832. The molecule has 6 rings (SSSR count). The second-order valence-corrected chi connectivity index (χ2v) is 10.6. The number of alkyl halides is 1. The number of benzene rings is 1. The van der Waals surface area contributed by atoms with Gasteiger partial charge in [-0.05, 0) is 49.3 Å². The number of β-amino-alcohol motifs (C(OH)–C–C–N with tert-alkyl or cyclic N) is 1. The summed E-state index contributed by atoms with van der Waals surface area (Å²) in [6, 6.07) is 4.10. The van der Waals surface area contributed by atoms with Crippen LogP contribution in [-0.4, -0.2) is 62.3 Å². The molecule has 8 nitrogen and oxygen atoms in total. The molecule has 11 heteroatoms. The average molecular weight is 520 g/mol. The molecule has 1 unspecified atom stereocenters. The Bertz CT molecular complexity index is 1380. The molecule has 1 aromatic heterocycles. The fourth-order valence-electron chi connectivity index (χ4n) is 6.55. The summed E-state index contributed by atoms with van der Waals surface area (Å²) in [4.78, 5) is 43.5. The number of aliphatic hydroxyl groups excluding tert-OH is 1. The van der Waals surface area contributed by atoms with Crippen molar-refractivity contribution in [1.29, 1.82) is 0 Å². The second-order valence-electron chi connectivity index (χ2n) is 10.2. The van der Waals surface area contributed by atoms with Crippen LogP contribution in [0.1, 0.15) is 51.2 Å². The Hall–Kier alpha value is -2.98. The van der Waals surface area contributed by atoms with Crippen molar-refractivity contribution in [3.05, 3.63) is 61.8 Å². The summed E-state index contributed by atoms with van der Waals surface area (Å²) in [6.45, 7) is -1.04. The number of hydrogen-bond acceptors (Lipinski definition) is 5. The third-order valence-corrected chi connectivity index (χ3v) is 8.51. The van der Waals surface area contributed by atoms with Crippen molar-refractivity contribution in [1.82, 2.24) is 14.4 Å². The van der Waals surface area contributed by atoms with Gasteiger partial charge in [-0.3, -0.25) is 19.0 Å². The van der Waals surface area contributed by atoms with Gasteiger partial charge in [0.1, 0.15) is 23.8 Å². The Morgan fingerprint density at radius 1 is 1.22 bits per heavy atom. The number of fused-ring (bicyclic) bond motifs is 6. The second kappa shape index (κ2) is 8.01. The van der Waals surface area contributed by atoms with Gasteiger partial charge in [0.25, 0.3) is 17.4 Å². The third kappa shape index (κ3) is 3.10. The number of carbonyl (C=O) groups is 2. The minimum Gasteiger partial charge on any atom is -0.502 e. The first kappa shape index (κ1) is 23.4. The minimum atomic E-state index is -1.40. The van der Waals surface area contributed by atoms with Crippen molar-refractivity contribution in [3.63, 3.8) is 0 Å². The maximum absolute atomic E-state index is 13.7. The van der Waals surface area contributed by atoms with E-state index in [9.17, 15) is 33.4 Å². The van der Waals surface area contributed by atoms with Gasteiger partial charge in [0.05, 0.1) is 23.2 Å². The topological polar surface area (TPSA) is 103 Å². The molecule has 4 atom stereocenters. The number of pyridine rings is 1. The van der Waals surface area contributed by atoms with Gasteiger partial charge in [-0.15, -0.1) is 0 Å². The number of carbonyl (C=O) groups excluding carboxylic acids is 2. The lowest BCUT2D eigenvalue weighted by atomic mass is 9.95. The molecule has 2 amide bonds. The van der Waals surface area contributed by atoms with Gasteiger partial charge in [-0.25, -0.2) is 8.78 Å². The molecule has 2 fully saturated rings. The smallest absolute Gasteiger partial charge is 0.296 e. The van der Waals surface area contributed by atoms with E-state index in [1.54, 1.807) is 0 Å². The van der Waals surface area contributed by atoms with E-state index in [1.165, 1.54) is 32.6 Å². The fourth-order valence-corrected chi connectivity index (χ4v) is 6.75. The minimum absolute atomic E-state index is 0.0244. The summed E-state index contributed by atoms with van der Waals surface area (Å²) in [5.41, 5.74) is -1.21. The van der Waals surface area contributed by atoms with Gasteiger partial charge < -0.3 is 20.0 Å². The van der Waals surface area contributed by atoms with Crippen LogP contribution in [0, 0.1) is 17.7 Å². The lowest BCUT2D eigenvalue weighted by Gasteiger charge is -2.39. The van der Waals surface area contributed by atoms with Gasteiger partial charge in [-0.1, -0.05) is 17.7 Å². The van der Waals surface area contributed by atoms with Crippen LogP contribution in [0.15, 0.2) is 23.0 Å². The first-order valence-electron chi connectivity index (χ1n) is 12.0. The largest absolute Gasteiger partial charge is 0.502 e. The number of halogens is 3. The van der Waals surface area contributed by atoms with Crippen molar-refractivity contribution in [2.45, 2.75) is 44.0 Å². The van der Waals surface area contributed by atoms with E-state index in [-0.39, 0.29) is 53.8 Å². The van der Waals surface area contributed by atoms with E-state index in [1.807, 2.05) is 0 Å². The van der Waals surface area contributed by atoms with Crippen molar-refractivity contribution in [2.75, 3.05) is 19.8 Å².